The van der Waals surface area contributed by atoms with Crippen LogP contribution in [0.5, 0.6) is 0 Å². The highest BCUT2D eigenvalue weighted by Gasteiger charge is 2.52. The number of methoxy groups -OCH3 is 1. The van der Waals surface area contributed by atoms with Gasteiger partial charge in [-0.25, -0.2) is 0 Å². The zero-order valence-electron chi connectivity index (χ0n) is 17.2. The highest BCUT2D eigenvalue weighted by Crippen LogP contribution is 2.29. The Bertz CT molecular complexity index is 617. The molecule has 10 heteroatoms. The summed E-state index contributed by atoms with van der Waals surface area (Å²) in [4.78, 5) is 47.2. The number of hydrogen-bond donors (Lipinski definition) is 1. The molecular formula is C19H29NO9. The van der Waals surface area contributed by atoms with E-state index in [1.165, 1.54) is 27.9 Å². The maximum Gasteiger partial charge on any atom is 0.303 e. The number of ether oxygens (including phenoxy) is 5. The number of hydrogen-bond acceptors (Lipinski definition) is 9. The van der Waals surface area contributed by atoms with Crippen molar-refractivity contribution in [3.05, 3.63) is 0 Å². The first-order valence-corrected chi connectivity index (χ1v) is 9.70. The molecule has 2 rings (SSSR count). The summed E-state index contributed by atoms with van der Waals surface area (Å²) in [5, 5.41) is 2.81. The summed E-state index contributed by atoms with van der Waals surface area (Å²) in [7, 11) is 1.34. The summed E-state index contributed by atoms with van der Waals surface area (Å²) >= 11 is 0. The Morgan fingerprint density at radius 2 is 1.38 bits per heavy atom. The Balaban J connectivity index is 2.22. The summed E-state index contributed by atoms with van der Waals surface area (Å²) < 4.78 is 27.0. The zero-order valence-corrected chi connectivity index (χ0v) is 17.2. The molecule has 5 atom stereocenters. The van der Waals surface area contributed by atoms with Crippen molar-refractivity contribution in [1.29, 1.82) is 0 Å². The Hall–Kier alpha value is -2.20. The molecule has 1 N–H and O–H groups in total. The normalized spacial score (nSPS) is 29.7. The molecule has 1 saturated carbocycles. The SMILES string of the molecule is CO[C@@H]1OC(CNC(=O)C2CCCC2)[C@H](OC(C)=O)C(OC(C)=O)[C@H]1OC(C)=O. The lowest BCUT2D eigenvalue weighted by Crippen LogP contribution is -2.63. The summed E-state index contributed by atoms with van der Waals surface area (Å²) in [6.07, 6.45) is -1.67. The Kier molecular flexibility index (Phi) is 8.39. The van der Waals surface area contributed by atoms with Crippen LogP contribution < -0.4 is 5.32 Å². The molecule has 1 amide bonds. The summed E-state index contributed by atoms with van der Waals surface area (Å²) in [6.45, 7) is 3.58. The molecule has 2 unspecified atom stereocenters. The zero-order chi connectivity index (χ0) is 21.6. The molecular weight excluding hydrogens is 386 g/mol. The first kappa shape index (κ1) is 23.1. The van der Waals surface area contributed by atoms with Crippen molar-refractivity contribution in [2.75, 3.05) is 13.7 Å². The molecule has 1 aliphatic carbocycles. The van der Waals surface area contributed by atoms with Crippen LogP contribution in [0.3, 0.4) is 0 Å². The van der Waals surface area contributed by atoms with Gasteiger partial charge in [0.05, 0.1) is 0 Å². The van der Waals surface area contributed by atoms with Crippen LogP contribution in [-0.4, -0.2) is 68.2 Å². The molecule has 0 aromatic rings. The first-order chi connectivity index (χ1) is 13.7. The minimum atomic E-state index is -1.16. The molecule has 0 bridgehead atoms. The van der Waals surface area contributed by atoms with Gasteiger partial charge in [-0.15, -0.1) is 0 Å². The molecule has 0 aromatic carbocycles. The van der Waals surface area contributed by atoms with Gasteiger partial charge in [0.1, 0.15) is 6.10 Å². The third-order valence-corrected chi connectivity index (χ3v) is 4.93. The minimum absolute atomic E-state index is 0.0116. The summed E-state index contributed by atoms with van der Waals surface area (Å²) in [5.74, 6) is -2.10. The van der Waals surface area contributed by atoms with E-state index in [1.807, 2.05) is 0 Å². The molecule has 164 valence electrons. The Morgan fingerprint density at radius 1 is 0.862 bits per heavy atom. The van der Waals surface area contributed by atoms with Gasteiger partial charge in [-0.2, -0.15) is 0 Å². The average molecular weight is 415 g/mol. The fraction of sp³-hybridized carbons (Fsp3) is 0.789. The number of carbonyl (C=O) groups excluding carboxylic acids is 4. The largest absolute Gasteiger partial charge is 0.456 e. The van der Waals surface area contributed by atoms with Gasteiger partial charge in [-0.1, -0.05) is 12.8 Å². The lowest BCUT2D eigenvalue weighted by atomic mass is 9.97. The van der Waals surface area contributed by atoms with Crippen LogP contribution in [0.4, 0.5) is 0 Å². The molecule has 29 heavy (non-hydrogen) atoms. The van der Waals surface area contributed by atoms with Gasteiger partial charge < -0.3 is 29.0 Å². The predicted octanol–water partition coefficient (Wildman–Crippen LogP) is 0.459. The van der Waals surface area contributed by atoms with E-state index in [4.69, 9.17) is 23.7 Å². The van der Waals surface area contributed by atoms with Crippen LogP contribution in [0, 0.1) is 5.92 Å². The molecule has 0 radical (unpaired) electrons. The highest BCUT2D eigenvalue weighted by molar-refractivity contribution is 5.78. The van der Waals surface area contributed by atoms with Gasteiger partial charge in [0, 0.05) is 40.3 Å². The van der Waals surface area contributed by atoms with Crippen LogP contribution in [0.25, 0.3) is 0 Å². The van der Waals surface area contributed by atoms with E-state index in [0.29, 0.717) is 0 Å². The maximum atomic E-state index is 12.4. The number of rotatable bonds is 7. The minimum Gasteiger partial charge on any atom is -0.456 e. The van der Waals surface area contributed by atoms with Gasteiger partial charge in [-0.3, -0.25) is 19.2 Å². The van der Waals surface area contributed by atoms with Crippen LogP contribution >= 0.6 is 0 Å². The van der Waals surface area contributed by atoms with E-state index < -0.39 is 48.6 Å². The molecule has 1 saturated heterocycles. The third-order valence-electron chi connectivity index (χ3n) is 4.93. The molecule has 0 spiro atoms. The van der Waals surface area contributed by atoms with Gasteiger partial charge in [-0.05, 0) is 12.8 Å². The van der Waals surface area contributed by atoms with E-state index >= 15 is 0 Å². The predicted molar refractivity (Wildman–Crippen MR) is 97.3 cm³/mol. The van der Waals surface area contributed by atoms with Crippen molar-refractivity contribution in [2.24, 2.45) is 5.92 Å². The van der Waals surface area contributed by atoms with Gasteiger partial charge >= 0.3 is 17.9 Å². The van der Waals surface area contributed by atoms with Crippen LogP contribution in [0.15, 0.2) is 0 Å². The molecule has 10 nitrogen and oxygen atoms in total. The maximum absolute atomic E-state index is 12.4. The molecule has 2 aliphatic rings. The second-order valence-electron chi connectivity index (χ2n) is 7.23. The topological polar surface area (TPSA) is 126 Å². The molecule has 2 fully saturated rings. The summed E-state index contributed by atoms with van der Waals surface area (Å²) in [6, 6.07) is 0. The van der Waals surface area contributed by atoms with Crippen LogP contribution in [0.1, 0.15) is 46.5 Å². The smallest absolute Gasteiger partial charge is 0.303 e. The van der Waals surface area contributed by atoms with Gasteiger partial charge in [0.25, 0.3) is 0 Å². The second kappa shape index (κ2) is 10.5. The van der Waals surface area contributed by atoms with E-state index in [-0.39, 0.29) is 18.4 Å². The lowest BCUT2D eigenvalue weighted by molar-refractivity contribution is -0.296. The lowest BCUT2D eigenvalue weighted by Gasteiger charge is -2.44. The van der Waals surface area contributed by atoms with E-state index in [1.54, 1.807) is 0 Å². The van der Waals surface area contributed by atoms with E-state index in [0.717, 1.165) is 25.7 Å². The average Bonchev–Trinajstić information content (AvgIpc) is 3.17. The van der Waals surface area contributed by atoms with Crippen molar-refractivity contribution >= 4 is 23.8 Å². The molecule has 1 aliphatic heterocycles. The van der Waals surface area contributed by atoms with Crippen molar-refractivity contribution in [3.63, 3.8) is 0 Å². The fourth-order valence-corrected chi connectivity index (χ4v) is 3.74. The third kappa shape index (κ3) is 6.40. The van der Waals surface area contributed by atoms with Crippen molar-refractivity contribution in [2.45, 2.75) is 77.2 Å². The van der Waals surface area contributed by atoms with Crippen molar-refractivity contribution < 1.29 is 42.9 Å². The van der Waals surface area contributed by atoms with Gasteiger partial charge in [0.15, 0.2) is 24.6 Å². The van der Waals surface area contributed by atoms with Gasteiger partial charge in [0.2, 0.25) is 5.91 Å². The first-order valence-electron chi connectivity index (χ1n) is 9.70. The van der Waals surface area contributed by atoms with Crippen molar-refractivity contribution in [1.82, 2.24) is 5.32 Å². The Morgan fingerprint density at radius 3 is 1.90 bits per heavy atom. The fourth-order valence-electron chi connectivity index (χ4n) is 3.74. The standard InChI is InChI=1S/C19H29NO9/c1-10(21)26-15-14(9-20-18(24)13-7-5-6-8-13)29-19(25-4)17(28-12(3)23)16(15)27-11(2)22/h13-17,19H,5-9H2,1-4H3,(H,20,24)/t14?,15-,16?,17+,19+/m0/s1. The number of nitrogens with one attached hydrogen (secondary N) is 1. The van der Waals surface area contributed by atoms with Crippen molar-refractivity contribution in [3.8, 4) is 0 Å². The van der Waals surface area contributed by atoms with Crippen LogP contribution in [0.2, 0.25) is 0 Å². The quantitative estimate of drug-likeness (QED) is 0.466. The summed E-state index contributed by atoms with van der Waals surface area (Å²) in [5.41, 5.74) is 0. The van der Waals surface area contributed by atoms with E-state index in [2.05, 4.69) is 5.32 Å². The van der Waals surface area contributed by atoms with Crippen LogP contribution in [-0.2, 0) is 42.9 Å². The monoisotopic (exact) mass is 415 g/mol. The highest BCUT2D eigenvalue weighted by atomic mass is 16.7. The number of amides is 1. The molecule has 0 aromatic heterocycles. The molecule has 1 heterocycles. The number of esters is 3. The second-order valence-corrected chi connectivity index (χ2v) is 7.23. The van der Waals surface area contributed by atoms with E-state index in [9.17, 15) is 19.2 Å². The number of carbonyl (C=O) groups is 4. The Labute approximate surface area is 169 Å².